The molecule has 1 saturated carbocycles. The van der Waals surface area contributed by atoms with Crippen LogP contribution in [-0.2, 0) is 60.1 Å². The predicted octanol–water partition coefficient (Wildman–Crippen LogP) is 3.01. The van der Waals surface area contributed by atoms with Crippen molar-refractivity contribution >= 4 is 41.1 Å². The number of amides is 3. The molecule has 8 unspecified atom stereocenters. The molecule has 13 atom stereocenters. The van der Waals surface area contributed by atoms with Crippen molar-refractivity contribution in [3.63, 3.8) is 0 Å². The highest BCUT2D eigenvalue weighted by Gasteiger charge is 2.78. The van der Waals surface area contributed by atoms with Gasteiger partial charge in [0.05, 0.1) is 45.2 Å². The van der Waals surface area contributed by atoms with Gasteiger partial charge in [0.25, 0.3) is 5.91 Å². The zero-order valence-electron chi connectivity index (χ0n) is 48.9. The molecule has 2 aromatic rings. The summed E-state index contributed by atoms with van der Waals surface area (Å²) < 4.78 is 33.7. The molecule has 2 aliphatic carbocycles. The van der Waals surface area contributed by atoms with Crippen LogP contribution in [-0.4, -0.2) is 202 Å². The highest BCUT2D eigenvalue weighted by atomic mass is 16.7. The number of carbonyl (C=O) groups is 5. The number of hydrogen-bond donors (Lipinski definition) is 7. The highest BCUT2D eigenvalue weighted by molar-refractivity contribution is 5.96. The third-order valence-electron chi connectivity index (χ3n) is 19.4. The first-order valence-electron chi connectivity index (χ1n) is 29.3. The molecule has 2 bridgehead atoms. The molecule has 5 heterocycles. The molecule has 2 saturated heterocycles. The summed E-state index contributed by atoms with van der Waals surface area (Å²) in [6, 6.07) is 9.96. The van der Waals surface area contributed by atoms with Crippen molar-refractivity contribution in [1.82, 2.24) is 25.8 Å². The van der Waals surface area contributed by atoms with E-state index in [1.165, 1.54) is 21.1 Å². The number of likely N-dealkylation sites (N-methyl/N-ethyl adjacent to an activating group) is 1. The molecule has 21 heteroatoms. The van der Waals surface area contributed by atoms with E-state index in [4.69, 9.17) is 28.4 Å². The third kappa shape index (κ3) is 10.5. The molecule has 9 rings (SSSR count). The summed E-state index contributed by atoms with van der Waals surface area (Å²) in [6.45, 7) is 9.71. The Bertz CT molecular complexity index is 2790. The highest BCUT2D eigenvalue weighted by Crippen LogP contribution is 2.68. The number of nitrogens with one attached hydrogen (secondary N) is 3. The van der Waals surface area contributed by atoms with Gasteiger partial charge >= 0.3 is 18.0 Å². The van der Waals surface area contributed by atoms with Gasteiger partial charge < -0.3 is 69.7 Å². The number of aliphatic hydroxyl groups excluding tert-OH is 2. The molecule has 3 fully saturated rings. The molecule has 2 aromatic carbocycles. The maximum absolute atomic E-state index is 15.6. The minimum Gasteiger partial charge on any atom is -0.496 e. The quantitative estimate of drug-likeness (QED) is 0.0294. The number of esters is 2. The van der Waals surface area contributed by atoms with Crippen molar-refractivity contribution in [3.05, 3.63) is 76.4 Å². The van der Waals surface area contributed by atoms with Crippen molar-refractivity contribution < 1.29 is 72.8 Å². The molecular formula is C61H86N6O15. The van der Waals surface area contributed by atoms with Gasteiger partial charge in [0, 0.05) is 94.0 Å². The van der Waals surface area contributed by atoms with Crippen molar-refractivity contribution in [2.24, 2.45) is 11.3 Å². The fraction of sp³-hybridized carbons (Fsp3) is 0.656. The summed E-state index contributed by atoms with van der Waals surface area (Å²) in [5.41, 5.74) is -0.365. The Morgan fingerprint density at radius 1 is 0.927 bits per heavy atom. The second kappa shape index (κ2) is 24.5. The lowest BCUT2D eigenvalue weighted by Gasteiger charge is -2.63. The number of nitrogens with zero attached hydrogens (tertiary/aromatic N) is 3. The summed E-state index contributed by atoms with van der Waals surface area (Å²) in [4.78, 5) is 75.3. The number of hydrogen-bond acceptors (Lipinski definition) is 18. The fourth-order valence-corrected chi connectivity index (χ4v) is 15.6. The minimum absolute atomic E-state index is 0.0341. The zero-order chi connectivity index (χ0) is 58.9. The average molecular weight is 1140 g/mol. The van der Waals surface area contributed by atoms with E-state index >= 15 is 9.59 Å². The molecule has 21 nitrogen and oxygen atoms in total. The third-order valence-corrected chi connectivity index (χ3v) is 19.4. The predicted molar refractivity (Wildman–Crippen MR) is 303 cm³/mol. The Morgan fingerprint density at radius 3 is 2.41 bits per heavy atom. The van der Waals surface area contributed by atoms with Gasteiger partial charge in [0.15, 0.2) is 11.9 Å². The molecule has 82 heavy (non-hydrogen) atoms. The summed E-state index contributed by atoms with van der Waals surface area (Å²) in [6.07, 6.45) is 4.24. The number of piperidine rings is 1. The van der Waals surface area contributed by atoms with Gasteiger partial charge in [-0.2, -0.15) is 0 Å². The average Bonchev–Trinajstić information content (AvgIpc) is 3.18. The van der Waals surface area contributed by atoms with E-state index in [1.807, 2.05) is 63.1 Å². The molecule has 7 aliphatic rings. The number of alkyl carbamates (subject to hydrolysis) is 1. The van der Waals surface area contributed by atoms with Crippen molar-refractivity contribution in [3.8, 4) is 5.75 Å². The van der Waals surface area contributed by atoms with Gasteiger partial charge in [-0.1, -0.05) is 57.2 Å². The van der Waals surface area contributed by atoms with Crippen LogP contribution < -0.4 is 25.6 Å². The number of ether oxygens (including phenoxy) is 6. The molecule has 1 spiro atoms. The molecule has 0 aromatic heterocycles. The van der Waals surface area contributed by atoms with E-state index < -0.39 is 87.9 Å². The van der Waals surface area contributed by atoms with Crippen LogP contribution in [0.25, 0.3) is 5.57 Å². The maximum atomic E-state index is 15.6. The first-order chi connectivity index (χ1) is 39.3. The SMILES string of the molecule is CCC(CO)OC(COC(=O)NCCC(=O)NC(C)C(=O)OCCCNC(=O)[C@]1(O)C2N(C)c3cc(OC)c([C@@]4(C(=O)OC)C[C@@H]5CN(CCC6=C4Cc4ccccc46)CC(O)(CC)C5)cc3C23CCN2CC=C[C@](CC)(C23)[C@H]1O)OC. The molecule has 3 amide bonds. The van der Waals surface area contributed by atoms with Gasteiger partial charge in [-0.25, -0.2) is 9.59 Å². The number of carbonyl (C=O) groups excluding carboxylic acids is 5. The summed E-state index contributed by atoms with van der Waals surface area (Å²) >= 11 is 0. The Hall–Kier alpha value is -5.65. The minimum atomic E-state index is -2.41. The summed E-state index contributed by atoms with van der Waals surface area (Å²) in [5, 5.41) is 56.0. The van der Waals surface area contributed by atoms with Gasteiger partial charge in [0.1, 0.15) is 29.9 Å². The Balaban J connectivity index is 0.957. The fourth-order valence-electron chi connectivity index (χ4n) is 15.6. The molecular weight excluding hydrogens is 1060 g/mol. The van der Waals surface area contributed by atoms with E-state index in [0.717, 1.165) is 27.8 Å². The number of aliphatic hydroxyl groups is 4. The van der Waals surface area contributed by atoms with Crippen LogP contribution >= 0.6 is 0 Å². The lowest BCUT2D eigenvalue weighted by atomic mass is 9.47. The van der Waals surface area contributed by atoms with Gasteiger partial charge in [-0.15, -0.1) is 0 Å². The lowest BCUT2D eigenvalue weighted by molar-refractivity contribution is -0.203. The number of anilines is 1. The number of benzene rings is 2. The number of rotatable bonds is 22. The zero-order valence-corrected chi connectivity index (χ0v) is 48.9. The molecule has 5 aliphatic heterocycles. The van der Waals surface area contributed by atoms with Crippen LogP contribution in [0, 0.1) is 11.3 Å². The smallest absolute Gasteiger partial charge is 0.407 e. The van der Waals surface area contributed by atoms with Crippen molar-refractivity contribution in [2.75, 3.05) is 98.9 Å². The Morgan fingerprint density at radius 2 is 1.71 bits per heavy atom. The molecule has 0 radical (unpaired) electrons. The normalized spacial score (nSPS) is 31.6. The topological polar surface area (TPSA) is 267 Å². The Labute approximate surface area is 481 Å². The van der Waals surface area contributed by atoms with E-state index in [-0.39, 0.29) is 57.7 Å². The van der Waals surface area contributed by atoms with Crippen molar-refractivity contribution in [2.45, 2.75) is 151 Å². The second-order valence-corrected chi connectivity index (χ2v) is 23.7. The number of fused-ring (bicyclic) bond motifs is 5. The summed E-state index contributed by atoms with van der Waals surface area (Å²) in [5.74, 6) is -2.12. The van der Waals surface area contributed by atoms with Crippen LogP contribution in [0.15, 0.2) is 54.1 Å². The van der Waals surface area contributed by atoms with Gasteiger partial charge in [-0.3, -0.25) is 24.2 Å². The van der Waals surface area contributed by atoms with Gasteiger partial charge in [0.2, 0.25) is 5.91 Å². The first kappa shape index (κ1) is 60.9. The van der Waals surface area contributed by atoms with E-state index in [1.54, 1.807) is 7.11 Å². The standard InChI is InChI=1S/C61H86N6O15/c1-9-40(34-68)82-49(78-7)35-81-56(74)63-23-18-48(69)64-37(4)50(70)80-27-15-22-62-54(72)61(76)52-59(21-26-67-24-14-20-58(11-3,51(59)67)53(61)71)44-29-45(47(77-6)30-46(44)65(52)5)60(55(73)79-8)32-38-31-57(75,10-2)36-66(33-38)25-19-42-41-17-13-12-16-39(41)28-43(42)60/h12-14,16-17,20,29-30,37-38,40,49,51-53,68,71,75-76H,9-11,15,18-19,21-28,31-36H2,1-8H3,(H,62,72)(H,63,74)(H,64,69)/t37?,38-,40?,49?,51?,52?,53-,57?,58-,59?,60-,61+/m1/s1. The van der Waals surface area contributed by atoms with E-state index in [2.05, 4.69) is 43.9 Å². The van der Waals surface area contributed by atoms with Crippen LogP contribution in [0.2, 0.25) is 0 Å². The molecule has 7 N–H and O–H groups in total. The van der Waals surface area contributed by atoms with E-state index in [0.29, 0.717) is 101 Å². The van der Waals surface area contributed by atoms with Crippen LogP contribution in [0.5, 0.6) is 5.75 Å². The van der Waals surface area contributed by atoms with Crippen LogP contribution in [0.4, 0.5) is 10.5 Å². The van der Waals surface area contributed by atoms with Crippen LogP contribution in [0.1, 0.15) is 108 Å². The van der Waals surface area contributed by atoms with Crippen LogP contribution in [0.3, 0.4) is 0 Å². The first-order valence-corrected chi connectivity index (χ1v) is 29.3. The van der Waals surface area contributed by atoms with Gasteiger partial charge in [-0.05, 0) is 111 Å². The monoisotopic (exact) mass is 1140 g/mol. The maximum Gasteiger partial charge on any atom is 0.407 e. The lowest BCUT2D eigenvalue weighted by Crippen LogP contribution is -2.81. The van der Waals surface area contributed by atoms with E-state index in [9.17, 15) is 34.8 Å². The van der Waals surface area contributed by atoms with Crippen molar-refractivity contribution in [1.29, 1.82) is 0 Å². The largest absolute Gasteiger partial charge is 0.496 e. The molecule has 450 valence electrons. The second-order valence-electron chi connectivity index (χ2n) is 23.7. The number of methoxy groups -OCH3 is 3. The Kier molecular flexibility index (Phi) is 18.2. The summed E-state index contributed by atoms with van der Waals surface area (Å²) in [7, 11) is 6.26.